The standard InChI is InChI=1S/C12H19BrN2/c1-2-12(15-8-4-7-14)10-5-3-6-11(13)9-10/h3,5-6,9,12,15H,2,4,7-8,14H2,1H3. The van der Waals surface area contributed by atoms with E-state index in [1.54, 1.807) is 0 Å². The van der Waals surface area contributed by atoms with Crippen LogP contribution in [-0.2, 0) is 0 Å². The van der Waals surface area contributed by atoms with Crippen molar-refractivity contribution in [3.63, 3.8) is 0 Å². The van der Waals surface area contributed by atoms with E-state index in [2.05, 4.69) is 52.4 Å². The highest BCUT2D eigenvalue weighted by Crippen LogP contribution is 2.20. The van der Waals surface area contributed by atoms with Crippen LogP contribution in [0.25, 0.3) is 0 Å². The molecule has 1 atom stereocenters. The monoisotopic (exact) mass is 270 g/mol. The van der Waals surface area contributed by atoms with Gasteiger partial charge in [-0.3, -0.25) is 0 Å². The van der Waals surface area contributed by atoms with Gasteiger partial charge in [-0.05, 0) is 43.6 Å². The first-order chi connectivity index (χ1) is 7.27. The zero-order chi connectivity index (χ0) is 11.1. The van der Waals surface area contributed by atoms with Crippen molar-refractivity contribution in [2.24, 2.45) is 5.73 Å². The molecule has 0 saturated heterocycles. The van der Waals surface area contributed by atoms with Crippen molar-refractivity contribution in [2.75, 3.05) is 13.1 Å². The Morgan fingerprint density at radius 1 is 1.47 bits per heavy atom. The molecule has 3 heteroatoms. The lowest BCUT2D eigenvalue weighted by molar-refractivity contribution is 0.512. The van der Waals surface area contributed by atoms with Crippen molar-refractivity contribution in [3.05, 3.63) is 34.3 Å². The fourth-order valence-electron chi connectivity index (χ4n) is 1.60. The third kappa shape index (κ3) is 4.33. The van der Waals surface area contributed by atoms with E-state index in [1.807, 2.05) is 0 Å². The van der Waals surface area contributed by atoms with Crippen LogP contribution < -0.4 is 11.1 Å². The summed E-state index contributed by atoms with van der Waals surface area (Å²) in [6.45, 7) is 3.93. The molecule has 0 aliphatic rings. The largest absolute Gasteiger partial charge is 0.330 e. The zero-order valence-electron chi connectivity index (χ0n) is 9.17. The molecule has 0 heterocycles. The van der Waals surface area contributed by atoms with E-state index in [0.29, 0.717) is 6.04 Å². The lowest BCUT2D eigenvalue weighted by atomic mass is 10.0. The first-order valence-electron chi connectivity index (χ1n) is 5.46. The van der Waals surface area contributed by atoms with Crippen molar-refractivity contribution < 1.29 is 0 Å². The summed E-state index contributed by atoms with van der Waals surface area (Å²) in [5.74, 6) is 0. The average Bonchev–Trinajstić information content (AvgIpc) is 2.24. The van der Waals surface area contributed by atoms with Crippen LogP contribution >= 0.6 is 15.9 Å². The minimum atomic E-state index is 0.439. The van der Waals surface area contributed by atoms with Crippen molar-refractivity contribution in [1.82, 2.24) is 5.32 Å². The van der Waals surface area contributed by atoms with E-state index in [1.165, 1.54) is 5.56 Å². The van der Waals surface area contributed by atoms with Crippen molar-refractivity contribution >= 4 is 15.9 Å². The number of nitrogens with one attached hydrogen (secondary N) is 1. The quantitative estimate of drug-likeness (QED) is 0.781. The van der Waals surface area contributed by atoms with E-state index in [0.717, 1.165) is 30.4 Å². The van der Waals surface area contributed by atoms with Crippen LogP contribution in [0.1, 0.15) is 31.4 Å². The minimum Gasteiger partial charge on any atom is -0.330 e. The van der Waals surface area contributed by atoms with Crippen LogP contribution in [-0.4, -0.2) is 13.1 Å². The van der Waals surface area contributed by atoms with Gasteiger partial charge in [0.05, 0.1) is 0 Å². The van der Waals surface area contributed by atoms with Gasteiger partial charge in [0.15, 0.2) is 0 Å². The summed E-state index contributed by atoms with van der Waals surface area (Å²) in [5.41, 5.74) is 6.81. The third-order valence-electron chi connectivity index (χ3n) is 2.43. The molecule has 0 aliphatic heterocycles. The molecule has 1 rings (SSSR count). The maximum absolute atomic E-state index is 5.47. The van der Waals surface area contributed by atoms with Gasteiger partial charge in [0.2, 0.25) is 0 Å². The number of hydrogen-bond acceptors (Lipinski definition) is 2. The van der Waals surface area contributed by atoms with E-state index < -0.39 is 0 Å². The Balaban J connectivity index is 2.57. The second-order valence-electron chi connectivity index (χ2n) is 3.61. The summed E-state index contributed by atoms with van der Waals surface area (Å²) >= 11 is 3.49. The van der Waals surface area contributed by atoms with E-state index in [9.17, 15) is 0 Å². The number of nitrogens with two attached hydrogens (primary N) is 1. The van der Waals surface area contributed by atoms with Gasteiger partial charge in [-0.25, -0.2) is 0 Å². The molecule has 15 heavy (non-hydrogen) atoms. The Bertz CT molecular complexity index is 289. The van der Waals surface area contributed by atoms with Gasteiger partial charge in [-0.1, -0.05) is 35.0 Å². The molecule has 0 amide bonds. The Morgan fingerprint density at radius 2 is 2.27 bits per heavy atom. The Kier molecular flexibility index (Phi) is 5.91. The second-order valence-corrected chi connectivity index (χ2v) is 4.53. The van der Waals surface area contributed by atoms with Gasteiger partial charge in [0.1, 0.15) is 0 Å². The van der Waals surface area contributed by atoms with Gasteiger partial charge in [0.25, 0.3) is 0 Å². The highest BCUT2D eigenvalue weighted by Gasteiger charge is 2.07. The molecule has 84 valence electrons. The van der Waals surface area contributed by atoms with Crippen molar-refractivity contribution in [3.8, 4) is 0 Å². The van der Waals surface area contributed by atoms with Crippen LogP contribution in [0, 0.1) is 0 Å². The van der Waals surface area contributed by atoms with Crippen LogP contribution in [0.2, 0.25) is 0 Å². The van der Waals surface area contributed by atoms with Gasteiger partial charge in [-0.2, -0.15) is 0 Å². The summed E-state index contributed by atoms with van der Waals surface area (Å²) in [4.78, 5) is 0. The van der Waals surface area contributed by atoms with Gasteiger partial charge >= 0.3 is 0 Å². The smallest absolute Gasteiger partial charge is 0.0318 e. The normalized spacial score (nSPS) is 12.7. The van der Waals surface area contributed by atoms with Gasteiger partial charge in [-0.15, -0.1) is 0 Å². The van der Waals surface area contributed by atoms with Crippen LogP contribution in [0.5, 0.6) is 0 Å². The zero-order valence-corrected chi connectivity index (χ0v) is 10.8. The molecule has 0 radical (unpaired) electrons. The molecular weight excluding hydrogens is 252 g/mol. The molecule has 0 saturated carbocycles. The molecule has 1 aromatic rings. The molecule has 3 N–H and O–H groups in total. The molecule has 0 aromatic heterocycles. The lowest BCUT2D eigenvalue weighted by Crippen LogP contribution is -2.23. The summed E-state index contributed by atoms with van der Waals surface area (Å²) in [5, 5.41) is 3.51. The molecule has 1 aromatic carbocycles. The SMILES string of the molecule is CCC(NCCCN)c1cccc(Br)c1. The van der Waals surface area contributed by atoms with Crippen LogP contribution in [0.3, 0.4) is 0 Å². The summed E-state index contributed by atoms with van der Waals surface area (Å²) in [6, 6.07) is 8.90. The lowest BCUT2D eigenvalue weighted by Gasteiger charge is -2.17. The van der Waals surface area contributed by atoms with E-state index >= 15 is 0 Å². The summed E-state index contributed by atoms with van der Waals surface area (Å²) < 4.78 is 1.14. The number of hydrogen-bond donors (Lipinski definition) is 2. The fourth-order valence-corrected chi connectivity index (χ4v) is 2.02. The predicted molar refractivity (Wildman–Crippen MR) is 68.8 cm³/mol. The molecule has 0 aliphatic carbocycles. The van der Waals surface area contributed by atoms with Crippen molar-refractivity contribution in [1.29, 1.82) is 0 Å². The van der Waals surface area contributed by atoms with E-state index in [-0.39, 0.29) is 0 Å². The molecular formula is C12H19BrN2. The number of halogens is 1. The minimum absolute atomic E-state index is 0.439. The van der Waals surface area contributed by atoms with Crippen molar-refractivity contribution in [2.45, 2.75) is 25.8 Å². The third-order valence-corrected chi connectivity index (χ3v) is 2.92. The fraction of sp³-hybridized carbons (Fsp3) is 0.500. The first-order valence-corrected chi connectivity index (χ1v) is 6.26. The topological polar surface area (TPSA) is 38.0 Å². The maximum Gasteiger partial charge on any atom is 0.0318 e. The summed E-state index contributed by atoms with van der Waals surface area (Å²) in [7, 11) is 0. The Morgan fingerprint density at radius 3 is 2.87 bits per heavy atom. The molecule has 0 bridgehead atoms. The van der Waals surface area contributed by atoms with E-state index in [4.69, 9.17) is 5.73 Å². The summed E-state index contributed by atoms with van der Waals surface area (Å²) in [6.07, 6.45) is 2.13. The van der Waals surface area contributed by atoms with Gasteiger partial charge < -0.3 is 11.1 Å². The highest BCUT2D eigenvalue weighted by molar-refractivity contribution is 9.10. The molecule has 2 nitrogen and oxygen atoms in total. The first kappa shape index (κ1) is 12.7. The Labute approximate surface area is 100 Å². The molecule has 0 fully saturated rings. The number of rotatable bonds is 6. The maximum atomic E-state index is 5.47. The molecule has 0 spiro atoms. The van der Waals surface area contributed by atoms with Gasteiger partial charge in [0, 0.05) is 10.5 Å². The Hall–Kier alpha value is -0.380. The highest BCUT2D eigenvalue weighted by atomic mass is 79.9. The molecule has 1 unspecified atom stereocenters. The van der Waals surface area contributed by atoms with Crippen LogP contribution in [0.4, 0.5) is 0 Å². The van der Waals surface area contributed by atoms with Crippen LogP contribution in [0.15, 0.2) is 28.7 Å². The average molecular weight is 271 g/mol. The number of benzene rings is 1. The predicted octanol–water partition coefficient (Wildman–Crippen LogP) is 2.84. The second kappa shape index (κ2) is 6.99.